The van der Waals surface area contributed by atoms with Gasteiger partial charge in [-0.25, -0.2) is 4.68 Å². The third-order valence-corrected chi connectivity index (χ3v) is 5.49. The van der Waals surface area contributed by atoms with Crippen molar-refractivity contribution in [3.63, 3.8) is 0 Å². The van der Waals surface area contributed by atoms with Crippen LogP contribution in [0, 0.1) is 6.92 Å². The van der Waals surface area contributed by atoms with Crippen molar-refractivity contribution in [1.29, 1.82) is 0 Å². The molecule has 1 aliphatic heterocycles. The van der Waals surface area contributed by atoms with E-state index in [4.69, 9.17) is 9.84 Å². The number of aromatic nitrogens is 5. The van der Waals surface area contributed by atoms with Crippen LogP contribution in [0.5, 0.6) is 5.75 Å². The van der Waals surface area contributed by atoms with Crippen LogP contribution in [-0.2, 0) is 13.1 Å². The van der Waals surface area contributed by atoms with Gasteiger partial charge in [-0.1, -0.05) is 11.3 Å². The standard InChI is InChI=1S/C20H22N6O2/c1-13-19(21-23-26(13)15-4-3-5-17(10-15)28-2)20(27)24-8-9-25-16(12-24)11-18(22-25)14-6-7-14/h3-5,10-11,14H,6-9,12H2,1-2H3. The van der Waals surface area contributed by atoms with Crippen LogP contribution in [0.2, 0.25) is 0 Å². The van der Waals surface area contributed by atoms with Crippen LogP contribution in [0.4, 0.5) is 0 Å². The van der Waals surface area contributed by atoms with Crippen LogP contribution in [0.1, 0.15) is 46.3 Å². The van der Waals surface area contributed by atoms with Crippen molar-refractivity contribution in [2.45, 2.75) is 38.8 Å². The van der Waals surface area contributed by atoms with E-state index in [1.165, 1.54) is 18.5 Å². The van der Waals surface area contributed by atoms with Crippen molar-refractivity contribution < 1.29 is 9.53 Å². The first-order valence-electron chi connectivity index (χ1n) is 9.56. The zero-order chi connectivity index (χ0) is 19.3. The summed E-state index contributed by atoms with van der Waals surface area (Å²) < 4.78 is 8.99. The fourth-order valence-electron chi connectivity index (χ4n) is 3.70. The van der Waals surface area contributed by atoms with Gasteiger partial charge in [0.1, 0.15) is 5.75 Å². The number of fused-ring (bicyclic) bond motifs is 1. The second kappa shape index (κ2) is 6.47. The number of carbonyl (C=O) groups is 1. The third kappa shape index (κ3) is 2.85. The quantitative estimate of drug-likeness (QED) is 0.696. The van der Waals surface area contributed by atoms with Gasteiger partial charge in [0, 0.05) is 18.5 Å². The minimum atomic E-state index is -0.0907. The van der Waals surface area contributed by atoms with E-state index in [0.29, 0.717) is 24.7 Å². The third-order valence-electron chi connectivity index (χ3n) is 5.49. The highest BCUT2D eigenvalue weighted by molar-refractivity contribution is 5.93. The molecule has 0 unspecified atom stereocenters. The van der Waals surface area contributed by atoms with Crippen LogP contribution >= 0.6 is 0 Å². The molecule has 0 bridgehead atoms. The van der Waals surface area contributed by atoms with E-state index in [-0.39, 0.29) is 5.91 Å². The van der Waals surface area contributed by atoms with Gasteiger partial charge in [0.15, 0.2) is 5.69 Å². The van der Waals surface area contributed by atoms with Crippen molar-refractivity contribution >= 4 is 5.91 Å². The molecule has 144 valence electrons. The maximum Gasteiger partial charge on any atom is 0.276 e. The number of rotatable bonds is 4. The smallest absolute Gasteiger partial charge is 0.276 e. The number of carbonyl (C=O) groups excluding carboxylic acids is 1. The van der Waals surface area contributed by atoms with Gasteiger partial charge in [0.05, 0.1) is 43.0 Å². The molecule has 3 heterocycles. The van der Waals surface area contributed by atoms with Crippen molar-refractivity contribution in [3.8, 4) is 11.4 Å². The zero-order valence-corrected chi connectivity index (χ0v) is 16.0. The average molecular weight is 378 g/mol. The highest BCUT2D eigenvalue weighted by atomic mass is 16.5. The number of hydrogen-bond acceptors (Lipinski definition) is 5. The van der Waals surface area contributed by atoms with E-state index in [1.807, 2.05) is 40.8 Å². The summed E-state index contributed by atoms with van der Waals surface area (Å²) in [4.78, 5) is 14.9. The summed E-state index contributed by atoms with van der Waals surface area (Å²) in [5.41, 5.74) is 4.19. The molecule has 1 fully saturated rings. The molecule has 0 N–H and O–H groups in total. The predicted octanol–water partition coefficient (Wildman–Crippen LogP) is 2.31. The van der Waals surface area contributed by atoms with Crippen LogP contribution in [0.15, 0.2) is 30.3 Å². The Morgan fingerprint density at radius 3 is 2.86 bits per heavy atom. The lowest BCUT2D eigenvalue weighted by molar-refractivity contribution is 0.0699. The summed E-state index contributed by atoms with van der Waals surface area (Å²) in [6.07, 6.45) is 2.46. The van der Waals surface area contributed by atoms with Crippen molar-refractivity contribution in [3.05, 3.63) is 53.1 Å². The second-order valence-electron chi connectivity index (χ2n) is 7.42. The number of nitrogens with zero attached hydrogens (tertiary/aromatic N) is 6. The number of methoxy groups -OCH3 is 1. The molecule has 1 saturated carbocycles. The SMILES string of the molecule is COc1cccc(-n2nnc(C(=O)N3CCn4nc(C5CC5)cc4C3)c2C)c1. The molecule has 0 radical (unpaired) electrons. The Kier molecular flexibility index (Phi) is 3.92. The van der Waals surface area contributed by atoms with Gasteiger partial charge < -0.3 is 9.64 Å². The number of amides is 1. The summed E-state index contributed by atoms with van der Waals surface area (Å²) in [5, 5.41) is 13.1. The number of hydrogen-bond donors (Lipinski definition) is 0. The van der Waals surface area contributed by atoms with E-state index >= 15 is 0 Å². The van der Waals surface area contributed by atoms with E-state index < -0.39 is 0 Å². The topological polar surface area (TPSA) is 78.1 Å². The molecule has 8 heteroatoms. The molecule has 5 rings (SSSR count). The average Bonchev–Trinajstić information content (AvgIpc) is 3.38. The normalized spacial score (nSPS) is 16.1. The van der Waals surface area contributed by atoms with E-state index in [0.717, 1.165) is 29.4 Å². The zero-order valence-electron chi connectivity index (χ0n) is 16.0. The summed E-state index contributed by atoms with van der Waals surface area (Å²) in [5.74, 6) is 1.26. The fourth-order valence-corrected chi connectivity index (χ4v) is 3.70. The molecule has 0 saturated heterocycles. The highest BCUT2D eigenvalue weighted by Gasteiger charge is 2.31. The molecule has 0 spiro atoms. The first kappa shape index (κ1) is 17.0. The molecule has 28 heavy (non-hydrogen) atoms. The molecule has 1 aromatic carbocycles. The van der Waals surface area contributed by atoms with Gasteiger partial charge >= 0.3 is 0 Å². The maximum absolute atomic E-state index is 13.1. The van der Waals surface area contributed by atoms with Crippen molar-refractivity contribution in [1.82, 2.24) is 29.7 Å². The fraction of sp³-hybridized carbons (Fsp3) is 0.400. The molecule has 2 aliphatic rings. The van der Waals surface area contributed by atoms with Gasteiger partial charge in [0.2, 0.25) is 0 Å². The summed E-state index contributed by atoms with van der Waals surface area (Å²) >= 11 is 0. The Morgan fingerprint density at radius 2 is 2.07 bits per heavy atom. The Hall–Kier alpha value is -3.16. The highest BCUT2D eigenvalue weighted by Crippen LogP contribution is 2.39. The molecule has 8 nitrogen and oxygen atoms in total. The van der Waals surface area contributed by atoms with Crippen LogP contribution in [-0.4, -0.2) is 49.2 Å². The summed E-state index contributed by atoms with van der Waals surface area (Å²) in [7, 11) is 1.62. The predicted molar refractivity (Wildman–Crippen MR) is 102 cm³/mol. The minimum absolute atomic E-state index is 0.0907. The Bertz CT molecular complexity index is 1050. The number of ether oxygens (including phenoxy) is 1. The first-order valence-corrected chi connectivity index (χ1v) is 9.56. The Labute approximate surface area is 162 Å². The van der Waals surface area contributed by atoms with Gasteiger partial charge in [-0.2, -0.15) is 5.10 Å². The molecular formula is C20H22N6O2. The minimum Gasteiger partial charge on any atom is -0.497 e. The first-order chi connectivity index (χ1) is 13.6. The van der Waals surface area contributed by atoms with Gasteiger partial charge in [-0.05, 0) is 38.0 Å². The van der Waals surface area contributed by atoms with Gasteiger partial charge in [0.25, 0.3) is 5.91 Å². The molecule has 1 aliphatic carbocycles. The lowest BCUT2D eigenvalue weighted by Gasteiger charge is -2.27. The summed E-state index contributed by atoms with van der Waals surface area (Å²) in [6, 6.07) is 9.69. The second-order valence-corrected chi connectivity index (χ2v) is 7.42. The summed E-state index contributed by atoms with van der Waals surface area (Å²) in [6.45, 7) is 3.77. The molecule has 2 aromatic heterocycles. The molecule has 1 amide bonds. The molecular weight excluding hydrogens is 356 g/mol. The molecule has 0 atom stereocenters. The van der Waals surface area contributed by atoms with E-state index in [2.05, 4.69) is 16.4 Å². The van der Waals surface area contributed by atoms with Crippen LogP contribution in [0.3, 0.4) is 0 Å². The monoisotopic (exact) mass is 378 g/mol. The largest absolute Gasteiger partial charge is 0.497 e. The van der Waals surface area contributed by atoms with E-state index in [1.54, 1.807) is 11.8 Å². The van der Waals surface area contributed by atoms with Crippen LogP contribution < -0.4 is 4.74 Å². The molecule has 3 aromatic rings. The maximum atomic E-state index is 13.1. The van der Waals surface area contributed by atoms with E-state index in [9.17, 15) is 4.79 Å². The lowest BCUT2D eigenvalue weighted by Crippen LogP contribution is -2.38. The van der Waals surface area contributed by atoms with Crippen molar-refractivity contribution in [2.24, 2.45) is 0 Å². The lowest BCUT2D eigenvalue weighted by atomic mass is 10.2. The van der Waals surface area contributed by atoms with Crippen molar-refractivity contribution in [2.75, 3.05) is 13.7 Å². The van der Waals surface area contributed by atoms with Gasteiger partial charge in [-0.15, -0.1) is 5.10 Å². The Morgan fingerprint density at radius 1 is 1.21 bits per heavy atom. The number of benzene rings is 1. The van der Waals surface area contributed by atoms with Gasteiger partial charge in [-0.3, -0.25) is 9.48 Å². The van der Waals surface area contributed by atoms with Crippen LogP contribution in [0.25, 0.3) is 5.69 Å². The Balaban J connectivity index is 1.39.